The van der Waals surface area contributed by atoms with Crippen LogP contribution in [0.3, 0.4) is 0 Å². The van der Waals surface area contributed by atoms with E-state index in [1.165, 1.54) is 51.1 Å². The Labute approximate surface area is 231 Å². The van der Waals surface area contributed by atoms with Crippen LogP contribution in [0.15, 0.2) is 116 Å². The highest BCUT2D eigenvalue weighted by Crippen LogP contribution is 2.44. The number of thiophene rings is 2. The first-order chi connectivity index (χ1) is 19.4. The van der Waals surface area contributed by atoms with E-state index < -0.39 is 0 Å². The topological polar surface area (TPSA) is 30.7 Å². The van der Waals surface area contributed by atoms with Crippen molar-refractivity contribution in [1.82, 2.24) is 14.5 Å². The molecule has 4 aromatic carbocycles. The molecule has 5 heterocycles. The highest BCUT2D eigenvalue weighted by Gasteiger charge is 2.22. The van der Waals surface area contributed by atoms with Gasteiger partial charge in [-0.3, -0.25) is 9.55 Å². The minimum absolute atomic E-state index is 0.968. The lowest BCUT2D eigenvalue weighted by Gasteiger charge is -2.12. The van der Waals surface area contributed by atoms with Crippen molar-refractivity contribution in [3.05, 3.63) is 116 Å². The SMILES string of the molecule is c1ccc2c(c1)sc1c(-c3cccc4c5ccccc5n(-c5nccc6c5sc5ccccc56)c34)nccc12. The molecule has 0 bridgehead atoms. The molecule has 0 unspecified atom stereocenters. The lowest BCUT2D eigenvalue weighted by Crippen LogP contribution is -1.99. The molecule has 0 aliphatic carbocycles. The lowest BCUT2D eigenvalue weighted by molar-refractivity contribution is 1.10. The summed E-state index contributed by atoms with van der Waals surface area (Å²) >= 11 is 3.63. The standard InChI is InChI=1S/C34H19N3S2/c1-4-13-27-20(8-1)23-11-7-12-26(30-32-24(16-18-35-30)21-9-2-5-14-28(21)38-32)31(23)37(27)34-33-25(17-19-36-34)22-10-3-6-15-29(22)39-33/h1-19H. The molecule has 9 aromatic rings. The van der Waals surface area contributed by atoms with Gasteiger partial charge in [-0.1, -0.05) is 72.8 Å². The number of hydrogen-bond donors (Lipinski definition) is 0. The van der Waals surface area contributed by atoms with E-state index >= 15 is 0 Å². The maximum atomic E-state index is 5.03. The fraction of sp³-hybridized carbons (Fsp3) is 0. The molecule has 5 aromatic heterocycles. The van der Waals surface area contributed by atoms with Gasteiger partial charge in [-0.25, -0.2) is 4.98 Å². The number of fused-ring (bicyclic) bond motifs is 9. The molecule has 9 rings (SSSR count). The van der Waals surface area contributed by atoms with E-state index in [4.69, 9.17) is 9.97 Å². The van der Waals surface area contributed by atoms with Crippen LogP contribution in [0.2, 0.25) is 0 Å². The van der Waals surface area contributed by atoms with E-state index in [-0.39, 0.29) is 0 Å². The molecule has 0 aliphatic rings. The van der Waals surface area contributed by atoms with E-state index in [0.717, 1.165) is 28.1 Å². The summed E-state index contributed by atoms with van der Waals surface area (Å²) in [5.74, 6) is 0.968. The number of rotatable bonds is 2. The van der Waals surface area contributed by atoms with Crippen molar-refractivity contribution in [2.24, 2.45) is 0 Å². The molecule has 0 spiro atoms. The summed E-state index contributed by atoms with van der Waals surface area (Å²) in [6, 6.07) is 36.8. The smallest absolute Gasteiger partial charge is 0.155 e. The average molecular weight is 534 g/mol. The molecule has 0 radical (unpaired) electrons. The van der Waals surface area contributed by atoms with Gasteiger partial charge in [0.2, 0.25) is 0 Å². The average Bonchev–Trinajstić information content (AvgIpc) is 3.67. The Bertz CT molecular complexity index is 2410. The van der Waals surface area contributed by atoms with Gasteiger partial charge in [0, 0.05) is 59.7 Å². The minimum atomic E-state index is 0.968. The Hall–Kier alpha value is -4.58. The van der Waals surface area contributed by atoms with E-state index in [1.54, 1.807) is 0 Å². The zero-order chi connectivity index (χ0) is 25.5. The first kappa shape index (κ1) is 21.4. The van der Waals surface area contributed by atoms with E-state index in [0.29, 0.717) is 0 Å². The van der Waals surface area contributed by atoms with Crippen molar-refractivity contribution in [3.63, 3.8) is 0 Å². The van der Waals surface area contributed by atoms with Crippen molar-refractivity contribution >= 4 is 84.8 Å². The summed E-state index contributed by atoms with van der Waals surface area (Å²) in [4.78, 5) is 10.0. The van der Waals surface area contributed by atoms with Crippen LogP contribution in [0.1, 0.15) is 0 Å². The van der Waals surface area contributed by atoms with Crippen molar-refractivity contribution in [3.8, 4) is 17.1 Å². The lowest BCUT2D eigenvalue weighted by atomic mass is 10.0. The molecule has 0 amide bonds. The predicted molar refractivity (Wildman–Crippen MR) is 168 cm³/mol. The van der Waals surface area contributed by atoms with Gasteiger partial charge in [0.25, 0.3) is 0 Å². The second-order valence-corrected chi connectivity index (χ2v) is 11.9. The number of pyridine rings is 2. The summed E-state index contributed by atoms with van der Waals surface area (Å²) in [6.45, 7) is 0. The first-order valence-corrected chi connectivity index (χ1v) is 14.6. The quantitative estimate of drug-likeness (QED) is 0.221. The molecule has 5 heteroatoms. The van der Waals surface area contributed by atoms with Gasteiger partial charge in [0.05, 0.1) is 26.1 Å². The summed E-state index contributed by atoms with van der Waals surface area (Å²) in [6.07, 6.45) is 3.90. The molecule has 0 saturated heterocycles. The molecular weight excluding hydrogens is 515 g/mol. The Kier molecular flexibility index (Phi) is 4.36. The maximum absolute atomic E-state index is 5.03. The molecule has 0 fully saturated rings. The molecule has 0 aliphatic heterocycles. The van der Waals surface area contributed by atoms with Crippen molar-refractivity contribution < 1.29 is 0 Å². The molecule has 0 saturated carbocycles. The van der Waals surface area contributed by atoms with Gasteiger partial charge < -0.3 is 0 Å². The normalized spacial score (nSPS) is 12.1. The van der Waals surface area contributed by atoms with E-state index in [2.05, 4.69) is 108 Å². The van der Waals surface area contributed by atoms with E-state index in [1.807, 2.05) is 35.1 Å². The number of para-hydroxylation sites is 2. The molecule has 39 heavy (non-hydrogen) atoms. The van der Waals surface area contributed by atoms with Gasteiger partial charge in [-0.2, -0.15) is 0 Å². The van der Waals surface area contributed by atoms with Crippen molar-refractivity contribution in [1.29, 1.82) is 0 Å². The van der Waals surface area contributed by atoms with Crippen molar-refractivity contribution in [2.45, 2.75) is 0 Å². The zero-order valence-corrected chi connectivity index (χ0v) is 22.3. The minimum Gasteiger partial charge on any atom is -0.292 e. The molecule has 3 nitrogen and oxygen atoms in total. The van der Waals surface area contributed by atoms with Crippen LogP contribution in [0, 0.1) is 0 Å². The number of benzene rings is 4. The Morgan fingerprint density at radius 1 is 0.487 bits per heavy atom. The fourth-order valence-electron chi connectivity index (χ4n) is 6.07. The van der Waals surface area contributed by atoms with Crippen LogP contribution in [0.5, 0.6) is 0 Å². The zero-order valence-electron chi connectivity index (χ0n) is 20.6. The highest BCUT2D eigenvalue weighted by atomic mass is 32.1. The second-order valence-electron chi connectivity index (χ2n) is 9.80. The Morgan fingerprint density at radius 3 is 1.90 bits per heavy atom. The summed E-state index contributed by atoms with van der Waals surface area (Å²) in [5.41, 5.74) is 4.45. The number of hydrogen-bond acceptors (Lipinski definition) is 4. The van der Waals surface area contributed by atoms with Crippen LogP contribution in [-0.4, -0.2) is 14.5 Å². The van der Waals surface area contributed by atoms with Gasteiger partial charge >= 0.3 is 0 Å². The van der Waals surface area contributed by atoms with Crippen LogP contribution in [-0.2, 0) is 0 Å². The second kappa shape index (κ2) is 7.96. The number of aromatic nitrogens is 3. The molecule has 182 valence electrons. The molecule has 0 N–H and O–H groups in total. The van der Waals surface area contributed by atoms with Crippen LogP contribution in [0.25, 0.3) is 79.2 Å². The third-order valence-electron chi connectivity index (χ3n) is 7.73. The summed E-state index contributed by atoms with van der Waals surface area (Å²) in [5, 5.41) is 7.49. The van der Waals surface area contributed by atoms with Gasteiger partial charge in [0.1, 0.15) is 0 Å². The third-order valence-corrected chi connectivity index (χ3v) is 10.1. The van der Waals surface area contributed by atoms with Gasteiger partial charge in [-0.15, -0.1) is 22.7 Å². The number of nitrogens with zero attached hydrogens (tertiary/aromatic N) is 3. The predicted octanol–water partition coefficient (Wildman–Crippen LogP) is 9.98. The first-order valence-electron chi connectivity index (χ1n) is 12.9. The Balaban J connectivity index is 1.46. The monoisotopic (exact) mass is 533 g/mol. The Morgan fingerprint density at radius 2 is 1.10 bits per heavy atom. The molecular formula is C34H19N3S2. The van der Waals surface area contributed by atoms with Crippen LogP contribution in [0.4, 0.5) is 0 Å². The van der Waals surface area contributed by atoms with Gasteiger partial charge in [-0.05, 0) is 30.3 Å². The van der Waals surface area contributed by atoms with E-state index in [9.17, 15) is 0 Å². The van der Waals surface area contributed by atoms with Crippen LogP contribution < -0.4 is 0 Å². The molecule has 0 atom stereocenters. The van der Waals surface area contributed by atoms with Crippen molar-refractivity contribution in [2.75, 3.05) is 0 Å². The highest BCUT2D eigenvalue weighted by molar-refractivity contribution is 7.26. The third kappa shape index (κ3) is 2.91. The largest absolute Gasteiger partial charge is 0.292 e. The fourth-order valence-corrected chi connectivity index (χ4v) is 8.45. The van der Waals surface area contributed by atoms with Gasteiger partial charge in [0.15, 0.2) is 5.82 Å². The van der Waals surface area contributed by atoms with Crippen LogP contribution >= 0.6 is 22.7 Å². The maximum Gasteiger partial charge on any atom is 0.155 e. The summed E-state index contributed by atoms with van der Waals surface area (Å²) in [7, 11) is 0. The summed E-state index contributed by atoms with van der Waals surface area (Å²) < 4.78 is 7.34.